The van der Waals surface area contributed by atoms with E-state index in [0.29, 0.717) is 6.61 Å². The molecule has 0 saturated heterocycles. The van der Waals surface area contributed by atoms with Crippen LogP contribution in [0.4, 0.5) is 0 Å². The fraction of sp³-hybridized carbons (Fsp3) is 0.471. The van der Waals surface area contributed by atoms with Crippen LogP contribution in [0, 0.1) is 0 Å². The van der Waals surface area contributed by atoms with Gasteiger partial charge in [-0.25, -0.2) is 0 Å². The van der Waals surface area contributed by atoms with Crippen LogP contribution in [0.5, 0.6) is 5.75 Å². The number of carbonyl (C=O) groups excluding carboxylic acids is 1. The highest BCUT2D eigenvalue weighted by Gasteiger charge is 2.37. The molecule has 2 N–H and O–H groups in total. The molecule has 0 heterocycles. The summed E-state index contributed by atoms with van der Waals surface area (Å²) in [5.74, 6) is 0.287. The number of benzene rings is 1. The Morgan fingerprint density at radius 2 is 1.95 bits per heavy atom. The monoisotopic (exact) mass is 321 g/mol. The van der Waals surface area contributed by atoms with Gasteiger partial charge in [0, 0.05) is 11.6 Å². The molecule has 1 aromatic rings. The van der Waals surface area contributed by atoms with Gasteiger partial charge in [0.25, 0.3) is 0 Å². The van der Waals surface area contributed by atoms with Gasteiger partial charge < -0.3 is 14.9 Å². The van der Waals surface area contributed by atoms with E-state index in [9.17, 15) is 4.79 Å². The van der Waals surface area contributed by atoms with Crippen molar-refractivity contribution >= 4 is 20.3 Å². The van der Waals surface area contributed by atoms with E-state index in [1.807, 2.05) is 18.2 Å². The summed E-state index contributed by atoms with van der Waals surface area (Å²) in [6.45, 7) is 11.6. The van der Waals surface area contributed by atoms with Crippen molar-refractivity contribution < 1.29 is 14.0 Å². The maximum absolute atomic E-state index is 10.8. The minimum Gasteiger partial charge on any atom is -0.496 e. The molecule has 122 valence electrons. The van der Waals surface area contributed by atoms with Crippen molar-refractivity contribution in [2.75, 3.05) is 7.11 Å². The second-order valence-electron chi connectivity index (χ2n) is 6.86. The van der Waals surface area contributed by atoms with E-state index in [1.54, 1.807) is 13.2 Å². The number of methoxy groups -OCH3 is 1. The lowest BCUT2D eigenvalue weighted by molar-refractivity contribution is -0.113. The molecule has 1 aromatic carbocycles. The standard InChI is InChI=1S/C17H27NO3Si/c1-17(2,3)22(5,6)21-12-14-9-7-13(8-10-16(18)19)11-15(14)20-4/h7-11H,12H2,1-6H3,(H2,18,19). The maximum atomic E-state index is 10.8. The lowest BCUT2D eigenvalue weighted by Gasteiger charge is -2.36. The third-order valence-corrected chi connectivity index (χ3v) is 8.62. The molecule has 0 aliphatic rings. The normalized spacial score (nSPS) is 12.6. The molecule has 5 heteroatoms. The molecule has 0 saturated carbocycles. The summed E-state index contributed by atoms with van der Waals surface area (Å²) in [5.41, 5.74) is 6.98. The van der Waals surface area contributed by atoms with Gasteiger partial charge in [-0.3, -0.25) is 4.79 Å². The summed E-state index contributed by atoms with van der Waals surface area (Å²) >= 11 is 0. The Bertz CT molecular complexity index is 560. The number of primary amides is 1. The van der Waals surface area contributed by atoms with Crippen LogP contribution in [0.25, 0.3) is 6.08 Å². The number of nitrogens with two attached hydrogens (primary N) is 1. The van der Waals surface area contributed by atoms with Crippen molar-refractivity contribution in [1.29, 1.82) is 0 Å². The predicted octanol–water partition coefficient (Wildman–Crippen LogP) is 3.72. The number of rotatable bonds is 6. The van der Waals surface area contributed by atoms with Gasteiger partial charge in [0.1, 0.15) is 5.75 Å². The SMILES string of the molecule is COc1cc(C=CC(N)=O)ccc1CO[Si](C)(C)C(C)(C)C. The molecule has 1 amide bonds. The first-order chi connectivity index (χ1) is 10.1. The average Bonchev–Trinajstić information content (AvgIpc) is 2.41. The van der Waals surface area contributed by atoms with Crippen molar-refractivity contribution in [2.24, 2.45) is 5.73 Å². The Balaban J connectivity index is 2.90. The van der Waals surface area contributed by atoms with E-state index in [0.717, 1.165) is 16.9 Å². The summed E-state index contributed by atoms with van der Waals surface area (Å²) in [6, 6.07) is 5.77. The number of amides is 1. The topological polar surface area (TPSA) is 61.5 Å². The van der Waals surface area contributed by atoms with Gasteiger partial charge in [0.05, 0.1) is 13.7 Å². The second kappa shape index (κ2) is 7.11. The van der Waals surface area contributed by atoms with Crippen LogP contribution in [-0.4, -0.2) is 21.3 Å². The number of hydrogen-bond donors (Lipinski definition) is 1. The zero-order valence-electron chi connectivity index (χ0n) is 14.4. The molecule has 0 fully saturated rings. The van der Waals surface area contributed by atoms with Crippen molar-refractivity contribution in [3.63, 3.8) is 0 Å². The molecule has 0 aromatic heterocycles. The van der Waals surface area contributed by atoms with Gasteiger partial charge in [0.2, 0.25) is 5.91 Å². The quantitative estimate of drug-likeness (QED) is 0.641. The van der Waals surface area contributed by atoms with Crippen LogP contribution < -0.4 is 10.5 Å². The van der Waals surface area contributed by atoms with Gasteiger partial charge in [-0.1, -0.05) is 32.9 Å². The zero-order valence-corrected chi connectivity index (χ0v) is 15.4. The molecule has 0 bridgehead atoms. The molecular weight excluding hydrogens is 294 g/mol. The van der Waals surface area contributed by atoms with Crippen LogP contribution >= 0.6 is 0 Å². The molecule has 0 unspecified atom stereocenters. The highest BCUT2D eigenvalue weighted by Crippen LogP contribution is 2.37. The van der Waals surface area contributed by atoms with Crippen LogP contribution in [-0.2, 0) is 15.8 Å². The van der Waals surface area contributed by atoms with E-state index in [2.05, 4.69) is 33.9 Å². The maximum Gasteiger partial charge on any atom is 0.241 e. The van der Waals surface area contributed by atoms with Crippen LogP contribution in [0.3, 0.4) is 0 Å². The Morgan fingerprint density at radius 3 is 2.45 bits per heavy atom. The Kier molecular flexibility index (Phi) is 5.97. The summed E-state index contributed by atoms with van der Waals surface area (Å²) in [5, 5.41) is 0.171. The smallest absolute Gasteiger partial charge is 0.241 e. The van der Waals surface area contributed by atoms with Gasteiger partial charge in [-0.2, -0.15) is 0 Å². The highest BCUT2D eigenvalue weighted by molar-refractivity contribution is 6.74. The minimum atomic E-state index is -1.80. The molecule has 0 atom stereocenters. The number of hydrogen-bond acceptors (Lipinski definition) is 3. The van der Waals surface area contributed by atoms with Crippen molar-refractivity contribution in [3.8, 4) is 5.75 Å². The zero-order chi connectivity index (χ0) is 17.0. The fourth-order valence-corrected chi connectivity index (χ4v) is 2.59. The van der Waals surface area contributed by atoms with Crippen LogP contribution in [0.15, 0.2) is 24.3 Å². The Morgan fingerprint density at radius 1 is 1.32 bits per heavy atom. The van der Waals surface area contributed by atoms with Crippen molar-refractivity contribution in [3.05, 3.63) is 35.4 Å². The van der Waals surface area contributed by atoms with E-state index in [-0.39, 0.29) is 5.04 Å². The van der Waals surface area contributed by atoms with Crippen molar-refractivity contribution in [2.45, 2.75) is 45.5 Å². The molecule has 22 heavy (non-hydrogen) atoms. The third-order valence-electron chi connectivity index (χ3n) is 4.15. The summed E-state index contributed by atoms with van der Waals surface area (Å²) < 4.78 is 11.7. The summed E-state index contributed by atoms with van der Waals surface area (Å²) in [6.07, 6.45) is 3.00. The van der Waals surface area contributed by atoms with Gasteiger partial charge >= 0.3 is 0 Å². The third kappa shape index (κ3) is 5.00. The molecule has 4 nitrogen and oxygen atoms in total. The lowest BCUT2D eigenvalue weighted by Crippen LogP contribution is -2.40. The van der Waals surface area contributed by atoms with E-state index in [1.165, 1.54) is 6.08 Å². The first kappa shape index (κ1) is 18.5. The molecule has 0 radical (unpaired) electrons. The van der Waals surface area contributed by atoms with Crippen LogP contribution in [0.1, 0.15) is 31.9 Å². The summed E-state index contributed by atoms with van der Waals surface area (Å²) in [4.78, 5) is 10.8. The number of ether oxygens (including phenoxy) is 1. The van der Waals surface area contributed by atoms with Gasteiger partial charge in [-0.05, 0) is 35.8 Å². The summed E-state index contributed by atoms with van der Waals surface area (Å²) in [7, 11) is -0.166. The lowest BCUT2D eigenvalue weighted by atomic mass is 10.1. The van der Waals surface area contributed by atoms with Gasteiger partial charge in [-0.15, -0.1) is 0 Å². The second-order valence-corrected chi connectivity index (χ2v) is 11.7. The van der Waals surface area contributed by atoms with Gasteiger partial charge in [0.15, 0.2) is 8.32 Å². The fourth-order valence-electron chi connectivity index (χ4n) is 1.64. The number of carbonyl (C=O) groups is 1. The largest absolute Gasteiger partial charge is 0.496 e. The van der Waals surface area contributed by atoms with Crippen molar-refractivity contribution in [1.82, 2.24) is 0 Å². The van der Waals surface area contributed by atoms with E-state index >= 15 is 0 Å². The Labute approximate surface area is 134 Å². The Hall–Kier alpha value is -1.59. The molecule has 0 aliphatic heterocycles. The average molecular weight is 321 g/mol. The van der Waals surface area contributed by atoms with Crippen LogP contribution in [0.2, 0.25) is 18.1 Å². The first-order valence-electron chi connectivity index (χ1n) is 7.35. The predicted molar refractivity (Wildman–Crippen MR) is 93.2 cm³/mol. The molecular formula is C17H27NO3Si. The minimum absolute atomic E-state index is 0.171. The molecule has 1 rings (SSSR count). The van der Waals surface area contributed by atoms with E-state index in [4.69, 9.17) is 14.9 Å². The van der Waals surface area contributed by atoms with E-state index < -0.39 is 14.2 Å². The first-order valence-corrected chi connectivity index (χ1v) is 10.3. The molecule has 0 aliphatic carbocycles. The highest BCUT2D eigenvalue weighted by atomic mass is 28.4. The molecule has 0 spiro atoms.